The van der Waals surface area contributed by atoms with Gasteiger partial charge in [0.1, 0.15) is 5.65 Å². The molecular formula is C15H13BrClN3. The molecule has 0 saturated carbocycles. The highest BCUT2D eigenvalue weighted by molar-refractivity contribution is 9.10. The Bertz CT molecular complexity index is 750. The summed E-state index contributed by atoms with van der Waals surface area (Å²) in [5, 5.41) is 4.77. The summed E-state index contributed by atoms with van der Waals surface area (Å²) in [6, 6.07) is 8.44. The Labute approximate surface area is 130 Å². The van der Waals surface area contributed by atoms with Crippen LogP contribution >= 0.6 is 27.5 Å². The van der Waals surface area contributed by atoms with Crippen LogP contribution in [0.2, 0.25) is 5.02 Å². The number of fused-ring (bicyclic) bond motifs is 1. The number of H-pyrrole nitrogens is 1. The van der Waals surface area contributed by atoms with Crippen molar-refractivity contribution in [3.8, 4) is 11.1 Å². The van der Waals surface area contributed by atoms with Crippen molar-refractivity contribution in [1.82, 2.24) is 15.3 Å². The topological polar surface area (TPSA) is 40.7 Å². The van der Waals surface area contributed by atoms with Gasteiger partial charge in [0.15, 0.2) is 0 Å². The van der Waals surface area contributed by atoms with Crippen molar-refractivity contribution in [2.45, 2.75) is 6.54 Å². The van der Waals surface area contributed by atoms with Gasteiger partial charge in [-0.25, -0.2) is 4.98 Å². The van der Waals surface area contributed by atoms with Crippen molar-refractivity contribution in [3.05, 3.63) is 51.7 Å². The SMILES string of the molecule is CNCc1ccc(-c2c[nH]c3ncc(Br)c(Cl)c23)cc1. The summed E-state index contributed by atoms with van der Waals surface area (Å²) >= 11 is 9.81. The fourth-order valence-electron chi connectivity index (χ4n) is 2.27. The molecule has 0 atom stereocenters. The predicted octanol–water partition coefficient (Wildman–Crippen LogP) is 4.37. The maximum Gasteiger partial charge on any atom is 0.139 e. The first kappa shape index (κ1) is 13.6. The predicted molar refractivity (Wildman–Crippen MR) is 87.0 cm³/mol. The first-order valence-electron chi connectivity index (χ1n) is 6.25. The van der Waals surface area contributed by atoms with E-state index in [1.807, 2.05) is 13.2 Å². The molecule has 0 saturated heterocycles. The van der Waals surface area contributed by atoms with Crippen LogP contribution in [0.15, 0.2) is 41.1 Å². The number of benzene rings is 1. The molecule has 0 amide bonds. The van der Waals surface area contributed by atoms with Gasteiger partial charge in [-0.15, -0.1) is 0 Å². The second-order valence-electron chi connectivity index (χ2n) is 4.57. The van der Waals surface area contributed by atoms with E-state index in [0.717, 1.165) is 33.2 Å². The van der Waals surface area contributed by atoms with Gasteiger partial charge in [-0.1, -0.05) is 35.9 Å². The third-order valence-corrected chi connectivity index (χ3v) is 4.46. The van der Waals surface area contributed by atoms with Crippen LogP contribution in [0.1, 0.15) is 5.56 Å². The molecule has 3 nitrogen and oxygen atoms in total. The normalized spacial score (nSPS) is 11.2. The highest BCUT2D eigenvalue weighted by atomic mass is 79.9. The summed E-state index contributed by atoms with van der Waals surface area (Å²) in [6.07, 6.45) is 3.66. The van der Waals surface area contributed by atoms with Crippen LogP contribution < -0.4 is 5.32 Å². The minimum Gasteiger partial charge on any atom is -0.345 e. The Hall–Kier alpha value is -1.36. The molecule has 0 spiro atoms. The molecule has 1 aromatic carbocycles. The van der Waals surface area contributed by atoms with Crippen molar-refractivity contribution in [1.29, 1.82) is 0 Å². The van der Waals surface area contributed by atoms with Gasteiger partial charge in [-0.05, 0) is 34.1 Å². The monoisotopic (exact) mass is 349 g/mol. The Morgan fingerprint density at radius 2 is 2.05 bits per heavy atom. The van der Waals surface area contributed by atoms with Crippen molar-refractivity contribution in [2.75, 3.05) is 7.05 Å². The lowest BCUT2D eigenvalue weighted by Gasteiger charge is -2.04. The highest BCUT2D eigenvalue weighted by Crippen LogP contribution is 2.36. The van der Waals surface area contributed by atoms with Gasteiger partial charge in [0.25, 0.3) is 0 Å². The molecule has 20 heavy (non-hydrogen) atoms. The molecule has 2 N–H and O–H groups in total. The van der Waals surface area contributed by atoms with E-state index < -0.39 is 0 Å². The van der Waals surface area contributed by atoms with E-state index in [1.54, 1.807) is 6.20 Å². The van der Waals surface area contributed by atoms with E-state index in [2.05, 4.69) is 55.5 Å². The fourth-order valence-corrected chi connectivity index (χ4v) is 2.81. The molecule has 2 aromatic heterocycles. The minimum atomic E-state index is 0.686. The first-order chi connectivity index (χ1) is 9.70. The molecule has 0 fully saturated rings. The molecule has 0 unspecified atom stereocenters. The minimum absolute atomic E-state index is 0.686. The molecule has 0 bridgehead atoms. The maximum absolute atomic E-state index is 6.39. The standard InChI is InChI=1S/C15H13BrClN3/c1-18-6-9-2-4-10(5-3-9)11-7-19-15-13(11)14(17)12(16)8-20-15/h2-5,7-8,18H,6H2,1H3,(H,19,20). The van der Waals surface area contributed by atoms with Gasteiger partial charge in [-0.3, -0.25) is 0 Å². The van der Waals surface area contributed by atoms with Crippen molar-refractivity contribution in [3.63, 3.8) is 0 Å². The molecule has 3 aromatic rings. The molecule has 3 rings (SSSR count). The summed E-state index contributed by atoms with van der Waals surface area (Å²) < 4.78 is 0.805. The molecule has 5 heteroatoms. The molecular weight excluding hydrogens is 338 g/mol. The Morgan fingerprint density at radius 1 is 1.30 bits per heavy atom. The van der Waals surface area contributed by atoms with Crippen LogP contribution in [0.4, 0.5) is 0 Å². The highest BCUT2D eigenvalue weighted by Gasteiger charge is 2.12. The zero-order valence-corrected chi connectivity index (χ0v) is 13.2. The third-order valence-electron chi connectivity index (χ3n) is 3.24. The van der Waals surface area contributed by atoms with E-state index in [0.29, 0.717) is 5.02 Å². The lowest BCUT2D eigenvalue weighted by atomic mass is 10.0. The number of pyridine rings is 1. The van der Waals surface area contributed by atoms with Gasteiger partial charge in [0.2, 0.25) is 0 Å². The summed E-state index contributed by atoms with van der Waals surface area (Å²) in [4.78, 5) is 7.50. The van der Waals surface area contributed by atoms with Crippen molar-refractivity contribution < 1.29 is 0 Å². The third kappa shape index (κ3) is 2.35. The van der Waals surface area contributed by atoms with E-state index in [-0.39, 0.29) is 0 Å². The second-order valence-corrected chi connectivity index (χ2v) is 5.81. The molecule has 102 valence electrons. The molecule has 0 aliphatic rings. The summed E-state index contributed by atoms with van der Waals surface area (Å²) in [5.74, 6) is 0. The smallest absolute Gasteiger partial charge is 0.139 e. The average Bonchev–Trinajstić information content (AvgIpc) is 2.89. The number of nitrogens with one attached hydrogen (secondary N) is 2. The van der Waals surface area contributed by atoms with E-state index in [1.165, 1.54) is 5.56 Å². The number of halogens is 2. The van der Waals surface area contributed by atoms with E-state index >= 15 is 0 Å². The number of rotatable bonds is 3. The molecule has 0 radical (unpaired) electrons. The van der Waals surface area contributed by atoms with Crippen LogP contribution in [-0.4, -0.2) is 17.0 Å². The first-order valence-corrected chi connectivity index (χ1v) is 7.43. The van der Waals surface area contributed by atoms with E-state index in [9.17, 15) is 0 Å². The number of hydrogen-bond acceptors (Lipinski definition) is 2. The van der Waals surface area contributed by atoms with Gasteiger partial charge in [0.05, 0.1) is 9.50 Å². The summed E-state index contributed by atoms with van der Waals surface area (Å²) in [5.41, 5.74) is 4.24. The van der Waals surface area contributed by atoms with Crippen LogP contribution in [0, 0.1) is 0 Å². The van der Waals surface area contributed by atoms with E-state index in [4.69, 9.17) is 11.6 Å². The molecule has 2 heterocycles. The number of hydrogen-bond donors (Lipinski definition) is 2. The zero-order chi connectivity index (χ0) is 14.1. The largest absolute Gasteiger partial charge is 0.345 e. The van der Waals surface area contributed by atoms with Crippen LogP contribution in [-0.2, 0) is 6.54 Å². The number of aromatic amines is 1. The lowest BCUT2D eigenvalue weighted by molar-refractivity contribution is 0.818. The van der Waals surface area contributed by atoms with Gasteiger partial charge >= 0.3 is 0 Å². The second kappa shape index (κ2) is 5.56. The van der Waals surface area contributed by atoms with Crippen LogP contribution in [0.25, 0.3) is 22.2 Å². The summed E-state index contributed by atoms with van der Waals surface area (Å²) in [7, 11) is 1.94. The zero-order valence-electron chi connectivity index (χ0n) is 10.9. The molecule has 0 aliphatic carbocycles. The van der Waals surface area contributed by atoms with Gasteiger partial charge in [0, 0.05) is 29.9 Å². The Balaban J connectivity index is 2.12. The Kier molecular flexibility index (Phi) is 3.78. The number of aromatic nitrogens is 2. The van der Waals surface area contributed by atoms with Crippen LogP contribution in [0.3, 0.4) is 0 Å². The fraction of sp³-hybridized carbons (Fsp3) is 0.133. The van der Waals surface area contributed by atoms with Crippen molar-refractivity contribution in [2.24, 2.45) is 0 Å². The maximum atomic E-state index is 6.39. The van der Waals surface area contributed by atoms with Gasteiger partial charge in [-0.2, -0.15) is 0 Å². The van der Waals surface area contributed by atoms with Crippen molar-refractivity contribution >= 4 is 38.6 Å². The average molecular weight is 351 g/mol. The van der Waals surface area contributed by atoms with Gasteiger partial charge < -0.3 is 10.3 Å². The number of nitrogens with zero attached hydrogens (tertiary/aromatic N) is 1. The van der Waals surface area contributed by atoms with Crippen LogP contribution in [0.5, 0.6) is 0 Å². The quantitative estimate of drug-likeness (QED) is 0.736. The lowest BCUT2D eigenvalue weighted by Crippen LogP contribution is -2.04. The Morgan fingerprint density at radius 3 is 2.75 bits per heavy atom. The molecule has 0 aliphatic heterocycles. The summed E-state index contributed by atoms with van der Waals surface area (Å²) in [6.45, 7) is 0.863.